The van der Waals surface area contributed by atoms with Gasteiger partial charge in [0.25, 0.3) is 5.91 Å². The predicted molar refractivity (Wildman–Crippen MR) is 88.8 cm³/mol. The van der Waals surface area contributed by atoms with E-state index in [9.17, 15) is 4.79 Å². The standard InChI is InChI=1S/C18H17N3O3/c1-23-16-4-2-3-14(11-16)17-12-15(21-24-17)7-10-20-18(22)13-5-8-19-9-6-13/h2-6,8-9,11-12H,7,10H2,1H3,(H,20,22). The molecule has 3 rings (SSSR count). The Labute approximate surface area is 139 Å². The molecule has 0 aliphatic heterocycles. The molecule has 0 saturated heterocycles. The molecule has 122 valence electrons. The van der Waals surface area contributed by atoms with E-state index >= 15 is 0 Å². The molecular formula is C18H17N3O3. The molecule has 24 heavy (non-hydrogen) atoms. The topological polar surface area (TPSA) is 77.2 Å². The minimum absolute atomic E-state index is 0.131. The van der Waals surface area contributed by atoms with Gasteiger partial charge in [0.1, 0.15) is 5.75 Å². The smallest absolute Gasteiger partial charge is 0.251 e. The molecule has 0 spiro atoms. The largest absolute Gasteiger partial charge is 0.497 e. The van der Waals surface area contributed by atoms with Crippen LogP contribution < -0.4 is 10.1 Å². The summed E-state index contributed by atoms with van der Waals surface area (Å²) in [7, 11) is 1.62. The molecule has 0 bridgehead atoms. The molecule has 2 heterocycles. The Morgan fingerprint density at radius 1 is 1.21 bits per heavy atom. The van der Waals surface area contributed by atoms with Crippen molar-refractivity contribution in [1.82, 2.24) is 15.5 Å². The van der Waals surface area contributed by atoms with E-state index in [4.69, 9.17) is 9.26 Å². The number of methoxy groups -OCH3 is 1. The van der Waals surface area contributed by atoms with E-state index in [1.54, 1.807) is 31.6 Å². The first kappa shape index (κ1) is 15.7. The summed E-state index contributed by atoms with van der Waals surface area (Å²) in [6, 6.07) is 12.8. The van der Waals surface area contributed by atoms with Gasteiger partial charge in [0.05, 0.1) is 12.8 Å². The fraction of sp³-hybridized carbons (Fsp3) is 0.167. The van der Waals surface area contributed by atoms with Crippen molar-refractivity contribution < 1.29 is 14.1 Å². The Morgan fingerprint density at radius 2 is 2.04 bits per heavy atom. The van der Waals surface area contributed by atoms with E-state index in [0.717, 1.165) is 17.0 Å². The van der Waals surface area contributed by atoms with Gasteiger partial charge in [0.2, 0.25) is 0 Å². The fourth-order valence-electron chi connectivity index (χ4n) is 2.25. The number of aromatic nitrogens is 2. The Kier molecular flexibility index (Phi) is 4.86. The minimum atomic E-state index is -0.131. The normalized spacial score (nSPS) is 10.4. The summed E-state index contributed by atoms with van der Waals surface area (Å²) in [5, 5.41) is 6.89. The van der Waals surface area contributed by atoms with Gasteiger partial charge >= 0.3 is 0 Å². The SMILES string of the molecule is COc1cccc(-c2cc(CCNC(=O)c3ccncc3)no2)c1. The number of rotatable bonds is 6. The Morgan fingerprint density at radius 3 is 2.83 bits per heavy atom. The van der Waals surface area contributed by atoms with Gasteiger partial charge in [-0.3, -0.25) is 9.78 Å². The van der Waals surface area contributed by atoms with E-state index in [1.807, 2.05) is 30.3 Å². The van der Waals surface area contributed by atoms with E-state index < -0.39 is 0 Å². The second-order valence-corrected chi connectivity index (χ2v) is 5.16. The highest BCUT2D eigenvalue weighted by Crippen LogP contribution is 2.24. The Balaban J connectivity index is 1.57. The molecule has 1 N–H and O–H groups in total. The van der Waals surface area contributed by atoms with Crippen LogP contribution in [0.4, 0.5) is 0 Å². The number of nitrogens with zero attached hydrogens (tertiary/aromatic N) is 2. The number of carbonyl (C=O) groups excluding carboxylic acids is 1. The summed E-state index contributed by atoms with van der Waals surface area (Å²) < 4.78 is 10.6. The van der Waals surface area contributed by atoms with Gasteiger partial charge in [-0.1, -0.05) is 17.3 Å². The average molecular weight is 323 g/mol. The van der Waals surface area contributed by atoms with Crippen molar-refractivity contribution in [2.45, 2.75) is 6.42 Å². The molecule has 2 aromatic heterocycles. The van der Waals surface area contributed by atoms with Crippen molar-refractivity contribution in [3.63, 3.8) is 0 Å². The third kappa shape index (κ3) is 3.78. The van der Waals surface area contributed by atoms with Crippen molar-refractivity contribution in [3.05, 3.63) is 66.1 Å². The van der Waals surface area contributed by atoms with E-state index in [0.29, 0.717) is 24.3 Å². The monoisotopic (exact) mass is 323 g/mol. The lowest BCUT2D eigenvalue weighted by molar-refractivity contribution is 0.0954. The molecular weight excluding hydrogens is 306 g/mol. The minimum Gasteiger partial charge on any atom is -0.497 e. The van der Waals surface area contributed by atoms with Gasteiger partial charge in [-0.15, -0.1) is 0 Å². The average Bonchev–Trinajstić information content (AvgIpc) is 3.11. The van der Waals surface area contributed by atoms with Crippen LogP contribution in [-0.2, 0) is 6.42 Å². The van der Waals surface area contributed by atoms with E-state index in [-0.39, 0.29) is 5.91 Å². The Hall–Kier alpha value is -3.15. The molecule has 0 radical (unpaired) electrons. The lowest BCUT2D eigenvalue weighted by atomic mass is 10.1. The highest BCUT2D eigenvalue weighted by molar-refractivity contribution is 5.93. The van der Waals surface area contributed by atoms with Gasteiger partial charge in [0.15, 0.2) is 5.76 Å². The first-order valence-electron chi connectivity index (χ1n) is 7.54. The first-order valence-corrected chi connectivity index (χ1v) is 7.54. The molecule has 1 amide bonds. The van der Waals surface area contributed by atoms with Gasteiger partial charge in [-0.25, -0.2) is 0 Å². The van der Waals surface area contributed by atoms with E-state index in [2.05, 4.69) is 15.5 Å². The van der Waals surface area contributed by atoms with Crippen LogP contribution in [0.5, 0.6) is 5.75 Å². The maximum absolute atomic E-state index is 11.9. The zero-order valence-electron chi connectivity index (χ0n) is 13.2. The van der Waals surface area contributed by atoms with Crippen LogP contribution in [0, 0.1) is 0 Å². The summed E-state index contributed by atoms with van der Waals surface area (Å²) >= 11 is 0. The highest BCUT2D eigenvalue weighted by atomic mass is 16.5. The first-order chi connectivity index (χ1) is 11.8. The molecule has 1 aromatic carbocycles. The molecule has 0 aliphatic carbocycles. The summed E-state index contributed by atoms with van der Waals surface area (Å²) in [4.78, 5) is 15.8. The second-order valence-electron chi connectivity index (χ2n) is 5.16. The van der Waals surface area contributed by atoms with E-state index in [1.165, 1.54) is 0 Å². The summed E-state index contributed by atoms with van der Waals surface area (Å²) in [5.74, 6) is 1.30. The number of nitrogens with one attached hydrogen (secondary N) is 1. The van der Waals surface area contributed by atoms with Crippen molar-refractivity contribution in [1.29, 1.82) is 0 Å². The number of benzene rings is 1. The number of hydrogen-bond acceptors (Lipinski definition) is 5. The molecule has 0 fully saturated rings. The summed E-state index contributed by atoms with van der Waals surface area (Å²) in [5.41, 5.74) is 2.26. The zero-order valence-corrected chi connectivity index (χ0v) is 13.2. The van der Waals surface area contributed by atoms with Crippen LogP contribution in [0.15, 0.2) is 59.4 Å². The summed E-state index contributed by atoms with van der Waals surface area (Å²) in [6.07, 6.45) is 3.77. The van der Waals surface area contributed by atoms with Crippen LogP contribution in [-0.4, -0.2) is 29.7 Å². The predicted octanol–water partition coefficient (Wildman–Crippen LogP) is 2.72. The van der Waals surface area contributed by atoms with Crippen LogP contribution >= 0.6 is 0 Å². The zero-order chi connectivity index (χ0) is 16.8. The number of pyridine rings is 1. The third-order valence-electron chi connectivity index (χ3n) is 3.52. The number of amides is 1. The molecule has 0 atom stereocenters. The molecule has 6 heteroatoms. The van der Waals surface area contributed by atoms with Gasteiger partial charge in [-0.05, 0) is 24.3 Å². The van der Waals surface area contributed by atoms with Crippen LogP contribution in [0.2, 0.25) is 0 Å². The van der Waals surface area contributed by atoms with Gasteiger partial charge in [-0.2, -0.15) is 0 Å². The van der Waals surface area contributed by atoms with Crippen molar-refractivity contribution >= 4 is 5.91 Å². The van der Waals surface area contributed by atoms with Crippen molar-refractivity contribution in [3.8, 4) is 17.1 Å². The number of hydrogen-bond donors (Lipinski definition) is 1. The second kappa shape index (κ2) is 7.41. The number of carbonyl (C=O) groups is 1. The van der Waals surface area contributed by atoms with Gasteiger partial charge in [0, 0.05) is 42.6 Å². The lowest BCUT2D eigenvalue weighted by Crippen LogP contribution is -2.25. The van der Waals surface area contributed by atoms with Crippen molar-refractivity contribution in [2.75, 3.05) is 13.7 Å². The van der Waals surface area contributed by atoms with Crippen LogP contribution in [0.25, 0.3) is 11.3 Å². The molecule has 6 nitrogen and oxygen atoms in total. The maximum atomic E-state index is 11.9. The Bertz CT molecular complexity index is 815. The van der Waals surface area contributed by atoms with Crippen molar-refractivity contribution in [2.24, 2.45) is 0 Å². The third-order valence-corrected chi connectivity index (χ3v) is 3.52. The maximum Gasteiger partial charge on any atom is 0.251 e. The molecule has 3 aromatic rings. The van der Waals surface area contributed by atoms with Crippen LogP contribution in [0.1, 0.15) is 16.1 Å². The number of ether oxygens (including phenoxy) is 1. The highest BCUT2D eigenvalue weighted by Gasteiger charge is 2.09. The lowest BCUT2D eigenvalue weighted by Gasteiger charge is -2.02. The molecule has 0 unspecified atom stereocenters. The summed E-state index contributed by atoms with van der Waals surface area (Å²) in [6.45, 7) is 0.477. The molecule has 0 aliphatic rings. The van der Waals surface area contributed by atoms with Crippen LogP contribution in [0.3, 0.4) is 0 Å². The fourth-order valence-corrected chi connectivity index (χ4v) is 2.25. The molecule has 0 saturated carbocycles. The quantitative estimate of drug-likeness (QED) is 0.755. The van der Waals surface area contributed by atoms with Gasteiger partial charge < -0.3 is 14.6 Å².